The summed E-state index contributed by atoms with van der Waals surface area (Å²) in [5.74, 6) is 0. The Kier molecular flexibility index (Phi) is 4.55. The van der Waals surface area contributed by atoms with Gasteiger partial charge in [-0.3, -0.25) is 0 Å². The van der Waals surface area contributed by atoms with Crippen molar-refractivity contribution in [2.24, 2.45) is 5.73 Å². The lowest BCUT2D eigenvalue weighted by molar-refractivity contribution is -0.138. The molecule has 3 N–H and O–H groups in total. The molecule has 1 heterocycles. The maximum absolute atomic E-state index is 13.1. The van der Waals surface area contributed by atoms with E-state index >= 15 is 0 Å². The molecule has 1 fully saturated rings. The standard InChI is InChI=1S/C14H19F3N2O/c15-14(16,17)12-8-10(19-6-2-1-3-7-19)4-5-11(12)13(18)9-20/h4-5,8,13,20H,1-3,6-7,9,18H2/t13-/m1/s1. The number of anilines is 1. The van der Waals surface area contributed by atoms with E-state index in [1.807, 2.05) is 4.90 Å². The van der Waals surface area contributed by atoms with Gasteiger partial charge in [0.15, 0.2) is 0 Å². The van der Waals surface area contributed by atoms with Crippen LogP contribution in [-0.2, 0) is 6.18 Å². The van der Waals surface area contributed by atoms with Crippen LogP contribution in [0.3, 0.4) is 0 Å². The molecular formula is C14H19F3N2O. The molecule has 0 aliphatic carbocycles. The fourth-order valence-corrected chi connectivity index (χ4v) is 2.56. The first-order valence-corrected chi connectivity index (χ1v) is 6.76. The van der Waals surface area contributed by atoms with Crippen molar-refractivity contribution in [1.29, 1.82) is 0 Å². The summed E-state index contributed by atoms with van der Waals surface area (Å²) >= 11 is 0. The van der Waals surface area contributed by atoms with E-state index in [2.05, 4.69) is 0 Å². The third-order valence-electron chi connectivity index (χ3n) is 3.66. The zero-order chi connectivity index (χ0) is 14.8. The second-order valence-corrected chi connectivity index (χ2v) is 5.11. The van der Waals surface area contributed by atoms with Gasteiger partial charge in [-0.1, -0.05) is 6.07 Å². The molecule has 1 aliphatic rings. The second-order valence-electron chi connectivity index (χ2n) is 5.11. The maximum Gasteiger partial charge on any atom is 0.416 e. The molecule has 1 saturated heterocycles. The number of aliphatic hydroxyl groups excluding tert-OH is 1. The van der Waals surface area contributed by atoms with E-state index in [-0.39, 0.29) is 5.56 Å². The van der Waals surface area contributed by atoms with E-state index in [0.717, 1.165) is 38.4 Å². The van der Waals surface area contributed by atoms with E-state index in [0.29, 0.717) is 5.69 Å². The van der Waals surface area contributed by atoms with Crippen LogP contribution in [0, 0.1) is 0 Å². The Bertz CT molecular complexity index is 456. The van der Waals surface area contributed by atoms with Crippen LogP contribution in [0.2, 0.25) is 0 Å². The maximum atomic E-state index is 13.1. The van der Waals surface area contributed by atoms with Gasteiger partial charge in [0.1, 0.15) is 0 Å². The van der Waals surface area contributed by atoms with Crippen molar-refractivity contribution in [3.63, 3.8) is 0 Å². The summed E-state index contributed by atoms with van der Waals surface area (Å²) in [5.41, 5.74) is 5.33. The van der Waals surface area contributed by atoms with Gasteiger partial charge in [-0.05, 0) is 37.0 Å². The van der Waals surface area contributed by atoms with Crippen molar-refractivity contribution in [2.45, 2.75) is 31.5 Å². The lowest BCUT2D eigenvalue weighted by Gasteiger charge is -2.30. The molecule has 6 heteroatoms. The molecule has 20 heavy (non-hydrogen) atoms. The first-order chi connectivity index (χ1) is 9.43. The molecule has 0 amide bonds. The van der Waals surface area contributed by atoms with E-state index < -0.39 is 24.4 Å². The predicted octanol–water partition coefficient (Wildman–Crippen LogP) is 2.69. The third-order valence-corrected chi connectivity index (χ3v) is 3.66. The molecule has 112 valence electrons. The number of aliphatic hydroxyl groups is 1. The monoisotopic (exact) mass is 288 g/mol. The minimum atomic E-state index is -4.46. The number of piperidine rings is 1. The van der Waals surface area contributed by atoms with Gasteiger partial charge in [-0.25, -0.2) is 0 Å². The highest BCUT2D eigenvalue weighted by Crippen LogP contribution is 2.37. The largest absolute Gasteiger partial charge is 0.416 e. The molecule has 3 nitrogen and oxygen atoms in total. The molecule has 0 unspecified atom stereocenters. The van der Waals surface area contributed by atoms with Crippen LogP contribution in [0.1, 0.15) is 36.4 Å². The van der Waals surface area contributed by atoms with Gasteiger partial charge in [-0.15, -0.1) is 0 Å². The van der Waals surface area contributed by atoms with E-state index in [4.69, 9.17) is 10.8 Å². The minimum absolute atomic E-state index is 0.0549. The van der Waals surface area contributed by atoms with Crippen molar-refractivity contribution in [2.75, 3.05) is 24.6 Å². The number of rotatable bonds is 3. The van der Waals surface area contributed by atoms with Crippen molar-refractivity contribution >= 4 is 5.69 Å². The Morgan fingerprint density at radius 2 is 1.85 bits per heavy atom. The molecule has 0 bridgehead atoms. The molecule has 0 radical (unpaired) electrons. The highest BCUT2D eigenvalue weighted by atomic mass is 19.4. The van der Waals surface area contributed by atoms with E-state index in [1.165, 1.54) is 6.07 Å². The lowest BCUT2D eigenvalue weighted by atomic mass is 9.99. The Morgan fingerprint density at radius 1 is 1.20 bits per heavy atom. The fourth-order valence-electron chi connectivity index (χ4n) is 2.56. The third kappa shape index (κ3) is 3.24. The molecule has 0 spiro atoms. The highest BCUT2D eigenvalue weighted by Gasteiger charge is 2.35. The Morgan fingerprint density at radius 3 is 2.40 bits per heavy atom. The minimum Gasteiger partial charge on any atom is -0.394 e. The van der Waals surface area contributed by atoms with Gasteiger partial charge in [-0.2, -0.15) is 13.2 Å². The number of nitrogens with two attached hydrogens (primary N) is 1. The predicted molar refractivity (Wildman–Crippen MR) is 71.5 cm³/mol. The molecule has 1 aromatic rings. The number of hydrogen-bond donors (Lipinski definition) is 2. The summed E-state index contributed by atoms with van der Waals surface area (Å²) in [6.45, 7) is 1.05. The molecule has 1 aliphatic heterocycles. The average Bonchev–Trinajstić information content (AvgIpc) is 2.46. The topological polar surface area (TPSA) is 49.5 Å². The number of nitrogens with zero attached hydrogens (tertiary/aromatic N) is 1. The lowest BCUT2D eigenvalue weighted by Crippen LogP contribution is -2.30. The summed E-state index contributed by atoms with van der Waals surface area (Å²) < 4.78 is 39.4. The van der Waals surface area contributed by atoms with Gasteiger partial charge < -0.3 is 15.7 Å². The van der Waals surface area contributed by atoms with Crippen LogP contribution >= 0.6 is 0 Å². The fraction of sp³-hybridized carbons (Fsp3) is 0.571. The first-order valence-electron chi connectivity index (χ1n) is 6.76. The van der Waals surface area contributed by atoms with Gasteiger partial charge in [0.25, 0.3) is 0 Å². The number of halogens is 3. The SMILES string of the molecule is N[C@H](CO)c1ccc(N2CCCCC2)cc1C(F)(F)F. The van der Waals surface area contributed by atoms with Gasteiger partial charge in [0.05, 0.1) is 18.2 Å². The van der Waals surface area contributed by atoms with Crippen LogP contribution in [0.4, 0.5) is 18.9 Å². The average molecular weight is 288 g/mol. The van der Waals surface area contributed by atoms with Crippen molar-refractivity contribution in [3.8, 4) is 0 Å². The Labute approximate surface area is 116 Å². The zero-order valence-corrected chi connectivity index (χ0v) is 11.2. The van der Waals surface area contributed by atoms with Gasteiger partial charge in [0, 0.05) is 18.8 Å². The van der Waals surface area contributed by atoms with Crippen LogP contribution < -0.4 is 10.6 Å². The summed E-state index contributed by atoms with van der Waals surface area (Å²) in [6.07, 6.45) is -1.34. The quantitative estimate of drug-likeness (QED) is 0.899. The molecule has 0 aromatic heterocycles. The summed E-state index contributed by atoms with van der Waals surface area (Å²) in [5, 5.41) is 8.99. The zero-order valence-electron chi connectivity index (χ0n) is 11.2. The molecular weight excluding hydrogens is 269 g/mol. The number of hydrogen-bond acceptors (Lipinski definition) is 3. The molecule has 2 rings (SSSR count). The Hall–Kier alpha value is -1.27. The van der Waals surface area contributed by atoms with Crippen molar-refractivity contribution in [1.82, 2.24) is 0 Å². The van der Waals surface area contributed by atoms with Crippen molar-refractivity contribution in [3.05, 3.63) is 29.3 Å². The highest BCUT2D eigenvalue weighted by molar-refractivity contribution is 5.53. The number of benzene rings is 1. The van der Waals surface area contributed by atoms with Crippen LogP contribution in [-0.4, -0.2) is 24.8 Å². The molecule has 0 saturated carbocycles. The van der Waals surface area contributed by atoms with Gasteiger partial charge >= 0.3 is 6.18 Å². The van der Waals surface area contributed by atoms with Crippen LogP contribution in [0.25, 0.3) is 0 Å². The normalized spacial score (nSPS) is 18.1. The Balaban J connectivity index is 2.37. The second kappa shape index (κ2) is 6.01. The van der Waals surface area contributed by atoms with Crippen LogP contribution in [0.15, 0.2) is 18.2 Å². The summed E-state index contributed by atoms with van der Waals surface area (Å²) in [6, 6.07) is 3.18. The van der Waals surface area contributed by atoms with Crippen molar-refractivity contribution < 1.29 is 18.3 Å². The van der Waals surface area contributed by atoms with Gasteiger partial charge in [0.2, 0.25) is 0 Å². The summed E-state index contributed by atoms with van der Waals surface area (Å²) in [7, 11) is 0. The van der Waals surface area contributed by atoms with Crippen LogP contribution in [0.5, 0.6) is 0 Å². The van der Waals surface area contributed by atoms with E-state index in [1.54, 1.807) is 6.07 Å². The summed E-state index contributed by atoms with van der Waals surface area (Å²) in [4.78, 5) is 1.97. The first kappa shape index (κ1) is 15.1. The smallest absolute Gasteiger partial charge is 0.394 e. The van der Waals surface area contributed by atoms with E-state index in [9.17, 15) is 13.2 Å². The molecule has 1 aromatic carbocycles. The molecule has 1 atom stereocenters. The number of alkyl halides is 3.